The van der Waals surface area contributed by atoms with E-state index in [2.05, 4.69) is 9.97 Å². The van der Waals surface area contributed by atoms with Gasteiger partial charge in [0.2, 0.25) is 0 Å². The van der Waals surface area contributed by atoms with E-state index in [9.17, 15) is 9.59 Å². The van der Waals surface area contributed by atoms with E-state index in [0.717, 1.165) is 16.9 Å². The predicted octanol–water partition coefficient (Wildman–Crippen LogP) is 3.34. The van der Waals surface area contributed by atoms with E-state index in [1.165, 1.54) is 7.11 Å². The Hall–Kier alpha value is -2.22. The first-order valence-corrected chi connectivity index (χ1v) is 9.12. The number of halogens is 1. The van der Waals surface area contributed by atoms with E-state index in [4.69, 9.17) is 21.1 Å². The molecule has 0 spiro atoms. The van der Waals surface area contributed by atoms with Crippen molar-refractivity contribution in [2.75, 3.05) is 20.3 Å². The quantitative estimate of drug-likeness (QED) is 0.514. The van der Waals surface area contributed by atoms with Crippen LogP contribution in [0.3, 0.4) is 0 Å². The Balaban J connectivity index is 1.93. The van der Waals surface area contributed by atoms with Crippen molar-refractivity contribution in [1.29, 1.82) is 0 Å². The van der Waals surface area contributed by atoms with Crippen LogP contribution in [0, 0.1) is 6.92 Å². The van der Waals surface area contributed by atoms with E-state index < -0.39 is 5.97 Å². The Morgan fingerprint density at radius 2 is 2.15 bits per heavy atom. The zero-order valence-corrected chi connectivity index (χ0v) is 15.9. The van der Waals surface area contributed by atoms with Crippen LogP contribution in [0.15, 0.2) is 29.1 Å². The molecule has 0 bridgehead atoms. The molecule has 0 radical (unpaired) electrons. The predicted molar refractivity (Wildman–Crippen MR) is 101 cm³/mol. The van der Waals surface area contributed by atoms with Gasteiger partial charge in [0.1, 0.15) is 22.1 Å². The largest absolute Gasteiger partial charge is 0.459 e. The lowest BCUT2D eigenvalue weighted by atomic mass is 10.1. The third-order valence-corrected chi connectivity index (χ3v) is 5.22. The highest BCUT2D eigenvalue weighted by atomic mass is 35.5. The number of esters is 1. The third kappa shape index (κ3) is 3.95. The highest BCUT2D eigenvalue weighted by molar-refractivity contribution is 7.20. The minimum absolute atomic E-state index is 0.160. The molecule has 6 nitrogen and oxygen atoms in total. The van der Waals surface area contributed by atoms with Gasteiger partial charge in [-0.15, -0.1) is 11.3 Å². The van der Waals surface area contributed by atoms with Crippen LogP contribution in [0.4, 0.5) is 0 Å². The maximum absolute atomic E-state index is 12.5. The summed E-state index contributed by atoms with van der Waals surface area (Å²) >= 11 is 7.16. The van der Waals surface area contributed by atoms with Crippen molar-refractivity contribution in [3.8, 4) is 0 Å². The standard InChI is InChI=1S/C18H17ClN2O4S/c1-10-14-16(22)20-13(9-11-4-3-5-12(19)8-11)21-17(14)26-15(10)18(23)25-7-6-24-2/h3-5,8H,6-7,9H2,1-2H3,(H,20,21,22). The molecule has 8 heteroatoms. The van der Waals surface area contributed by atoms with Crippen LogP contribution in [0.1, 0.15) is 26.6 Å². The molecule has 0 aliphatic carbocycles. The zero-order valence-electron chi connectivity index (χ0n) is 14.3. The molecule has 136 valence electrons. The Labute approximate surface area is 158 Å². The number of aromatic amines is 1. The van der Waals surface area contributed by atoms with Crippen LogP contribution in [0.5, 0.6) is 0 Å². The molecule has 3 rings (SSSR count). The number of carbonyl (C=O) groups excluding carboxylic acids is 1. The number of methoxy groups -OCH3 is 1. The molecule has 0 saturated heterocycles. The van der Waals surface area contributed by atoms with Gasteiger partial charge in [0, 0.05) is 18.6 Å². The first kappa shape index (κ1) is 18.6. The van der Waals surface area contributed by atoms with E-state index >= 15 is 0 Å². The van der Waals surface area contributed by atoms with Crippen LogP contribution in [-0.4, -0.2) is 36.3 Å². The van der Waals surface area contributed by atoms with Crippen molar-refractivity contribution < 1.29 is 14.3 Å². The van der Waals surface area contributed by atoms with Crippen LogP contribution in [0.2, 0.25) is 5.02 Å². The summed E-state index contributed by atoms with van der Waals surface area (Å²) in [7, 11) is 1.53. The lowest BCUT2D eigenvalue weighted by Crippen LogP contribution is -2.12. The summed E-state index contributed by atoms with van der Waals surface area (Å²) < 4.78 is 10.0. The number of ether oxygens (including phenoxy) is 2. The Morgan fingerprint density at radius 1 is 1.35 bits per heavy atom. The number of H-pyrrole nitrogens is 1. The van der Waals surface area contributed by atoms with Gasteiger partial charge in [0.15, 0.2) is 0 Å². The Kier molecular flexibility index (Phi) is 5.70. The topological polar surface area (TPSA) is 81.3 Å². The minimum atomic E-state index is -0.474. The molecule has 2 aromatic heterocycles. The fraction of sp³-hybridized carbons (Fsp3) is 0.278. The number of hydrogen-bond acceptors (Lipinski definition) is 6. The number of carbonyl (C=O) groups is 1. The van der Waals surface area contributed by atoms with Gasteiger partial charge in [-0.3, -0.25) is 4.79 Å². The van der Waals surface area contributed by atoms with Gasteiger partial charge in [-0.2, -0.15) is 0 Å². The lowest BCUT2D eigenvalue weighted by Gasteiger charge is -2.02. The van der Waals surface area contributed by atoms with Crippen molar-refractivity contribution in [1.82, 2.24) is 9.97 Å². The van der Waals surface area contributed by atoms with Crippen molar-refractivity contribution in [3.63, 3.8) is 0 Å². The number of aromatic nitrogens is 2. The summed E-state index contributed by atoms with van der Waals surface area (Å²) in [4.78, 5) is 32.9. The van der Waals surface area contributed by atoms with Gasteiger partial charge in [0.05, 0.1) is 12.0 Å². The molecule has 0 saturated carbocycles. The number of hydrogen-bond donors (Lipinski definition) is 1. The lowest BCUT2D eigenvalue weighted by molar-refractivity contribution is 0.0393. The van der Waals surface area contributed by atoms with Crippen LogP contribution in [0.25, 0.3) is 10.2 Å². The highest BCUT2D eigenvalue weighted by Crippen LogP contribution is 2.28. The van der Waals surface area contributed by atoms with Crippen molar-refractivity contribution >= 4 is 39.1 Å². The number of fused-ring (bicyclic) bond motifs is 1. The molecule has 1 N–H and O–H groups in total. The molecule has 0 amide bonds. The van der Waals surface area contributed by atoms with Crippen molar-refractivity contribution in [2.45, 2.75) is 13.3 Å². The monoisotopic (exact) mass is 392 g/mol. The Bertz CT molecular complexity index is 1010. The summed E-state index contributed by atoms with van der Waals surface area (Å²) in [6.45, 7) is 2.20. The van der Waals surface area contributed by atoms with Gasteiger partial charge >= 0.3 is 5.97 Å². The SMILES string of the molecule is COCCOC(=O)c1sc2nc(Cc3cccc(Cl)c3)[nH]c(=O)c2c1C. The van der Waals surface area contributed by atoms with E-state index in [1.54, 1.807) is 13.0 Å². The van der Waals surface area contributed by atoms with Gasteiger partial charge in [-0.1, -0.05) is 23.7 Å². The van der Waals surface area contributed by atoms with Crippen LogP contribution < -0.4 is 5.56 Å². The molecular formula is C18H17ClN2O4S. The molecule has 0 fully saturated rings. The maximum atomic E-state index is 12.5. The molecule has 0 aliphatic heterocycles. The number of benzene rings is 1. The number of aryl methyl sites for hydroxylation is 1. The number of thiophene rings is 1. The highest BCUT2D eigenvalue weighted by Gasteiger charge is 2.20. The molecular weight excluding hydrogens is 376 g/mol. The summed E-state index contributed by atoms with van der Waals surface area (Å²) in [6.07, 6.45) is 0.441. The molecule has 2 heterocycles. The van der Waals surface area contributed by atoms with Crippen LogP contribution in [-0.2, 0) is 15.9 Å². The molecule has 26 heavy (non-hydrogen) atoms. The fourth-order valence-corrected chi connectivity index (χ4v) is 3.90. The second-order valence-electron chi connectivity index (χ2n) is 5.68. The van der Waals surface area contributed by atoms with Gasteiger partial charge < -0.3 is 14.5 Å². The minimum Gasteiger partial charge on any atom is -0.459 e. The first-order chi connectivity index (χ1) is 12.5. The summed E-state index contributed by atoms with van der Waals surface area (Å²) in [6, 6.07) is 7.37. The summed E-state index contributed by atoms with van der Waals surface area (Å²) in [5, 5.41) is 1.04. The van der Waals surface area contributed by atoms with E-state index in [-0.39, 0.29) is 12.2 Å². The molecule has 0 aliphatic rings. The van der Waals surface area contributed by atoms with Crippen molar-refractivity contribution in [3.05, 3.63) is 61.5 Å². The fourth-order valence-electron chi connectivity index (χ4n) is 2.59. The molecule has 3 aromatic rings. The molecule has 0 atom stereocenters. The summed E-state index contributed by atoms with van der Waals surface area (Å²) in [5.41, 5.74) is 1.25. The number of nitrogens with zero attached hydrogens (tertiary/aromatic N) is 1. The van der Waals surface area contributed by atoms with E-state index in [0.29, 0.717) is 44.5 Å². The van der Waals surface area contributed by atoms with Gasteiger partial charge in [0.25, 0.3) is 5.56 Å². The number of rotatable bonds is 6. The maximum Gasteiger partial charge on any atom is 0.348 e. The average molecular weight is 393 g/mol. The Morgan fingerprint density at radius 3 is 2.88 bits per heavy atom. The molecule has 0 unspecified atom stereocenters. The average Bonchev–Trinajstić information content (AvgIpc) is 2.92. The molecule has 1 aromatic carbocycles. The van der Waals surface area contributed by atoms with E-state index in [1.807, 2.05) is 18.2 Å². The van der Waals surface area contributed by atoms with Crippen molar-refractivity contribution in [2.24, 2.45) is 0 Å². The van der Waals surface area contributed by atoms with Crippen LogP contribution >= 0.6 is 22.9 Å². The first-order valence-electron chi connectivity index (χ1n) is 7.92. The smallest absolute Gasteiger partial charge is 0.348 e. The number of nitrogens with one attached hydrogen (secondary N) is 1. The second kappa shape index (κ2) is 7.99. The third-order valence-electron chi connectivity index (χ3n) is 3.82. The normalized spacial score (nSPS) is 11.0. The van der Waals surface area contributed by atoms with Gasteiger partial charge in [-0.25, -0.2) is 9.78 Å². The van der Waals surface area contributed by atoms with Gasteiger partial charge in [-0.05, 0) is 30.2 Å². The second-order valence-corrected chi connectivity index (χ2v) is 7.12. The summed E-state index contributed by atoms with van der Waals surface area (Å²) in [5.74, 6) is 0.0451. The zero-order chi connectivity index (χ0) is 18.7.